The summed E-state index contributed by atoms with van der Waals surface area (Å²) in [5.74, 6) is 1.22. The summed E-state index contributed by atoms with van der Waals surface area (Å²) in [6.07, 6.45) is 1.73. The van der Waals surface area contributed by atoms with Gasteiger partial charge in [-0.15, -0.1) is 0 Å². The van der Waals surface area contributed by atoms with Crippen LogP contribution in [-0.2, 0) is 11.3 Å². The van der Waals surface area contributed by atoms with Crippen LogP contribution in [0.1, 0.15) is 5.69 Å². The monoisotopic (exact) mass is 445 g/mol. The Labute approximate surface area is 190 Å². The molecule has 0 atom stereocenters. The second kappa shape index (κ2) is 9.27. The first-order valence-corrected chi connectivity index (χ1v) is 10.6. The minimum atomic E-state index is 0.0678. The Morgan fingerprint density at radius 1 is 0.970 bits per heavy atom. The lowest BCUT2D eigenvalue weighted by molar-refractivity contribution is 0.0336. The normalized spacial score (nSPS) is 14.3. The van der Waals surface area contributed by atoms with E-state index < -0.39 is 0 Å². The number of para-hydroxylation sites is 1. The van der Waals surface area contributed by atoms with Gasteiger partial charge in [-0.3, -0.25) is 9.88 Å². The van der Waals surface area contributed by atoms with Crippen LogP contribution in [0.15, 0.2) is 53.2 Å². The molecule has 4 aromatic rings. The molecule has 11 nitrogen and oxygen atoms in total. The predicted molar refractivity (Wildman–Crippen MR) is 121 cm³/mol. The van der Waals surface area contributed by atoms with E-state index in [-0.39, 0.29) is 17.6 Å². The molecule has 11 heteroatoms. The number of morpholine rings is 1. The summed E-state index contributed by atoms with van der Waals surface area (Å²) in [6, 6.07) is 13.6. The molecule has 0 spiro atoms. The highest BCUT2D eigenvalue weighted by molar-refractivity contribution is 5.60. The SMILES string of the molecule is CN(c1ccccc1)c1nc(N)nc(-c2noc(-c3ccc(CN4CCOCC4)nc3)n2)n1. The molecule has 0 unspecified atom stereocenters. The summed E-state index contributed by atoms with van der Waals surface area (Å²) >= 11 is 0. The average molecular weight is 445 g/mol. The average Bonchev–Trinajstić information content (AvgIpc) is 3.35. The van der Waals surface area contributed by atoms with Crippen molar-refractivity contribution in [1.29, 1.82) is 0 Å². The lowest BCUT2D eigenvalue weighted by atomic mass is 10.2. The molecule has 0 aliphatic carbocycles. The van der Waals surface area contributed by atoms with Crippen LogP contribution in [0.3, 0.4) is 0 Å². The van der Waals surface area contributed by atoms with Gasteiger partial charge in [0.05, 0.1) is 24.5 Å². The van der Waals surface area contributed by atoms with Crippen molar-refractivity contribution in [3.05, 3.63) is 54.4 Å². The maximum Gasteiger partial charge on any atom is 0.259 e. The van der Waals surface area contributed by atoms with E-state index in [1.807, 2.05) is 49.5 Å². The molecule has 3 aromatic heterocycles. The molecule has 1 aliphatic rings. The number of benzene rings is 1. The first-order valence-electron chi connectivity index (χ1n) is 10.6. The molecule has 168 valence electrons. The van der Waals surface area contributed by atoms with Gasteiger partial charge in [-0.1, -0.05) is 23.4 Å². The van der Waals surface area contributed by atoms with Gasteiger partial charge in [-0.25, -0.2) is 0 Å². The van der Waals surface area contributed by atoms with Gasteiger partial charge < -0.3 is 19.9 Å². The molecule has 33 heavy (non-hydrogen) atoms. The van der Waals surface area contributed by atoms with Crippen LogP contribution in [0.25, 0.3) is 23.1 Å². The van der Waals surface area contributed by atoms with Crippen LogP contribution in [0, 0.1) is 0 Å². The number of hydrogen-bond acceptors (Lipinski definition) is 11. The third-order valence-electron chi connectivity index (χ3n) is 5.27. The Balaban J connectivity index is 1.34. The summed E-state index contributed by atoms with van der Waals surface area (Å²) in [5, 5.41) is 4.03. The van der Waals surface area contributed by atoms with E-state index >= 15 is 0 Å². The topological polar surface area (TPSA) is 132 Å². The van der Waals surface area contributed by atoms with Crippen molar-refractivity contribution >= 4 is 17.6 Å². The zero-order valence-electron chi connectivity index (χ0n) is 18.1. The molecule has 0 bridgehead atoms. The Kier molecular flexibility index (Phi) is 5.87. The van der Waals surface area contributed by atoms with E-state index in [1.54, 1.807) is 11.1 Å². The molecule has 4 heterocycles. The summed E-state index contributed by atoms with van der Waals surface area (Å²) in [6.45, 7) is 4.11. The number of pyridine rings is 1. The van der Waals surface area contributed by atoms with Gasteiger partial charge in [0.2, 0.25) is 23.5 Å². The van der Waals surface area contributed by atoms with Gasteiger partial charge in [0.1, 0.15) is 0 Å². The predicted octanol–water partition coefficient (Wildman–Crippen LogP) is 2.17. The molecular weight excluding hydrogens is 422 g/mol. The Hall–Kier alpha value is -3.96. The number of nitrogen functional groups attached to an aromatic ring is 1. The molecule has 5 rings (SSSR count). The zero-order chi connectivity index (χ0) is 22.6. The highest BCUT2D eigenvalue weighted by Gasteiger charge is 2.18. The van der Waals surface area contributed by atoms with E-state index in [4.69, 9.17) is 15.0 Å². The van der Waals surface area contributed by atoms with Gasteiger partial charge in [0.15, 0.2) is 0 Å². The molecule has 0 saturated carbocycles. The van der Waals surface area contributed by atoms with Crippen molar-refractivity contribution in [2.24, 2.45) is 0 Å². The van der Waals surface area contributed by atoms with Crippen LogP contribution in [-0.4, -0.2) is 68.3 Å². The fraction of sp³-hybridized carbons (Fsp3) is 0.273. The second-order valence-electron chi connectivity index (χ2n) is 7.56. The number of ether oxygens (including phenoxy) is 1. The first-order chi connectivity index (χ1) is 16.2. The van der Waals surface area contributed by atoms with Crippen molar-refractivity contribution in [2.45, 2.75) is 6.54 Å². The third kappa shape index (κ3) is 4.78. The van der Waals surface area contributed by atoms with Crippen molar-refractivity contribution in [1.82, 2.24) is 35.0 Å². The van der Waals surface area contributed by atoms with Crippen LogP contribution in [0.4, 0.5) is 17.6 Å². The smallest absolute Gasteiger partial charge is 0.259 e. The quantitative estimate of drug-likeness (QED) is 0.468. The molecule has 1 aliphatic heterocycles. The summed E-state index contributed by atoms with van der Waals surface area (Å²) in [7, 11) is 1.85. The Bertz CT molecular complexity index is 1210. The summed E-state index contributed by atoms with van der Waals surface area (Å²) in [5.41, 5.74) is 8.52. The van der Waals surface area contributed by atoms with E-state index in [0.717, 1.165) is 44.2 Å². The molecule has 2 N–H and O–H groups in total. The maximum absolute atomic E-state index is 5.93. The van der Waals surface area contributed by atoms with Crippen molar-refractivity contribution in [3.8, 4) is 23.1 Å². The van der Waals surface area contributed by atoms with E-state index in [0.29, 0.717) is 17.4 Å². The minimum absolute atomic E-state index is 0.0678. The largest absolute Gasteiger partial charge is 0.379 e. The maximum atomic E-state index is 5.93. The summed E-state index contributed by atoms with van der Waals surface area (Å²) in [4.78, 5) is 26.0. The number of aromatic nitrogens is 6. The standard InChI is InChI=1S/C22H23N9O2/c1-30(17-5-3-2-4-6-17)22-27-18(26-21(23)28-22)19-25-20(33-29-19)15-7-8-16(24-13-15)14-31-9-11-32-12-10-31/h2-8,13H,9-12,14H2,1H3,(H2,23,26,27,28). The van der Waals surface area contributed by atoms with Gasteiger partial charge in [-0.05, 0) is 24.3 Å². The van der Waals surface area contributed by atoms with Gasteiger partial charge in [0.25, 0.3) is 5.89 Å². The van der Waals surface area contributed by atoms with Crippen molar-refractivity contribution < 1.29 is 9.26 Å². The van der Waals surface area contributed by atoms with Crippen LogP contribution in [0.5, 0.6) is 0 Å². The van der Waals surface area contributed by atoms with Crippen molar-refractivity contribution in [3.63, 3.8) is 0 Å². The number of nitrogens with zero attached hydrogens (tertiary/aromatic N) is 8. The third-order valence-corrected chi connectivity index (χ3v) is 5.27. The van der Waals surface area contributed by atoms with Gasteiger partial charge >= 0.3 is 0 Å². The minimum Gasteiger partial charge on any atom is -0.379 e. The first kappa shape index (κ1) is 20.9. The summed E-state index contributed by atoms with van der Waals surface area (Å²) < 4.78 is 10.8. The second-order valence-corrected chi connectivity index (χ2v) is 7.56. The van der Waals surface area contributed by atoms with Crippen molar-refractivity contribution in [2.75, 3.05) is 44.0 Å². The molecule has 0 radical (unpaired) electrons. The lowest BCUT2D eigenvalue weighted by Gasteiger charge is -2.26. The van der Waals surface area contributed by atoms with Crippen LogP contribution in [0.2, 0.25) is 0 Å². The number of hydrogen-bond donors (Lipinski definition) is 1. The number of anilines is 3. The molecule has 1 saturated heterocycles. The lowest BCUT2D eigenvalue weighted by Crippen LogP contribution is -2.35. The molecule has 1 fully saturated rings. The highest BCUT2D eigenvalue weighted by Crippen LogP contribution is 2.24. The Morgan fingerprint density at radius 3 is 2.55 bits per heavy atom. The number of rotatable bonds is 6. The van der Waals surface area contributed by atoms with Crippen LogP contribution < -0.4 is 10.6 Å². The zero-order valence-corrected chi connectivity index (χ0v) is 18.1. The number of nitrogens with two attached hydrogens (primary N) is 1. The highest BCUT2D eigenvalue weighted by atomic mass is 16.5. The molecular formula is C22H23N9O2. The van der Waals surface area contributed by atoms with Gasteiger partial charge in [-0.2, -0.15) is 19.9 Å². The van der Waals surface area contributed by atoms with Crippen LogP contribution >= 0.6 is 0 Å². The fourth-order valence-electron chi connectivity index (χ4n) is 3.46. The molecule has 1 aromatic carbocycles. The fourth-order valence-corrected chi connectivity index (χ4v) is 3.46. The Morgan fingerprint density at radius 2 is 1.79 bits per heavy atom. The van der Waals surface area contributed by atoms with Gasteiger partial charge in [0, 0.05) is 38.6 Å². The molecule has 0 amide bonds. The van der Waals surface area contributed by atoms with E-state index in [9.17, 15) is 0 Å². The van der Waals surface area contributed by atoms with E-state index in [2.05, 4.69) is 35.0 Å². The van der Waals surface area contributed by atoms with E-state index in [1.165, 1.54) is 0 Å².